The quantitative estimate of drug-likeness (QED) is 0.460. The van der Waals surface area contributed by atoms with Crippen LogP contribution in [0.2, 0.25) is 0 Å². The van der Waals surface area contributed by atoms with Crippen molar-refractivity contribution in [3.63, 3.8) is 0 Å². The molecule has 11 heteroatoms. The van der Waals surface area contributed by atoms with Crippen molar-refractivity contribution in [3.05, 3.63) is 78.0 Å². The standard InChI is InChI=1S/C23H22N6O4S/c1-25-17-4-7-22(27-13-17)28-19-9-11-29(14-21(19)30)34(32,33)18-5-2-15(3-6-18)16-8-10-26-20(12-16)23(24)31/h2-8,10,12-13,19,21,30H,9,11,14H2,(H2,24,31)(H,27,28)/t19-,21+/m1/s1. The van der Waals surface area contributed by atoms with Gasteiger partial charge < -0.3 is 16.2 Å². The van der Waals surface area contributed by atoms with Crippen LogP contribution >= 0.6 is 0 Å². The van der Waals surface area contributed by atoms with Crippen molar-refractivity contribution in [2.24, 2.45) is 5.73 Å². The van der Waals surface area contributed by atoms with Crippen LogP contribution in [-0.4, -0.2) is 58.9 Å². The van der Waals surface area contributed by atoms with Crippen LogP contribution in [-0.2, 0) is 10.0 Å². The molecule has 3 aromatic rings. The van der Waals surface area contributed by atoms with E-state index in [-0.39, 0.29) is 29.7 Å². The molecule has 0 saturated carbocycles. The zero-order valence-corrected chi connectivity index (χ0v) is 18.8. The lowest BCUT2D eigenvalue weighted by Gasteiger charge is -2.35. The van der Waals surface area contributed by atoms with Crippen LogP contribution in [0, 0.1) is 6.57 Å². The zero-order chi connectivity index (χ0) is 24.3. The van der Waals surface area contributed by atoms with Gasteiger partial charge in [-0.25, -0.2) is 13.3 Å². The first kappa shape index (κ1) is 23.3. The number of carbonyl (C=O) groups is 1. The third kappa shape index (κ3) is 4.89. The predicted molar refractivity (Wildman–Crippen MR) is 125 cm³/mol. The number of sulfonamides is 1. The molecule has 10 nitrogen and oxygen atoms in total. The fourth-order valence-corrected chi connectivity index (χ4v) is 5.20. The van der Waals surface area contributed by atoms with Gasteiger partial charge in [0.05, 0.1) is 23.6 Å². The summed E-state index contributed by atoms with van der Waals surface area (Å²) in [6.07, 6.45) is 2.35. The Morgan fingerprint density at radius 2 is 1.91 bits per heavy atom. The molecule has 2 aromatic heterocycles. The van der Waals surface area contributed by atoms with Gasteiger partial charge in [0.15, 0.2) is 0 Å². The molecule has 34 heavy (non-hydrogen) atoms. The number of carbonyl (C=O) groups excluding carboxylic acids is 1. The second-order valence-electron chi connectivity index (χ2n) is 7.80. The van der Waals surface area contributed by atoms with E-state index in [0.717, 1.165) is 0 Å². The number of hydrogen-bond donors (Lipinski definition) is 3. The molecule has 1 aliphatic heterocycles. The number of amides is 1. The van der Waals surface area contributed by atoms with E-state index in [2.05, 4.69) is 20.1 Å². The number of aromatic nitrogens is 2. The lowest BCUT2D eigenvalue weighted by Crippen LogP contribution is -2.51. The molecule has 4 rings (SSSR count). The van der Waals surface area contributed by atoms with Gasteiger partial charge in [0, 0.05) is 25.5 Å². The number of hydrogen-bond acceptors (Lipinski definition) is 7. The van der Waals surface area contributed by atoms with Crippen molar-refractivity contribution in [2.45, 2.75) is 23.5 Å². The highest BCUT2D eigenvalue weighted by Crippen LogP contribution is 2.26. The molecule has 0 unspecified atom stereocenters. The van der Waals surface area contributed by atoms with Gasteiger partial charge in [-0.05, 0) is 47.9 Å². The van der Waals surface area contributed by atoms with E-state index in [9.17, 15) is 18.3 Å². The van der Waals surface area contributed by atoms with E-state index in [4.69, 9.17) is 12.3 Å². The molecule has 0 spiro atoms. The molecule has 1 aliphatic rings. The van der Waals surface area contributed by atoms with Gasteiger partial charge in [-0.1, -0.05) is 18.2 Å². The number of pyridine rings is 2. The molecular formula is C23H22N6O4S. The van der Waals surface area contributed by atoms with Gasteiger partial charge in [-0.15, -0.1) is 0 Å². The van der Waals surface area contributed by atoms with Crippen molar-refractivity contribution < 1.29 is 18.3 Å². The summed E-state index contributed by atoms with van der Waals surface area (Å²) in [5.41, 5.74) is 7.21. The largest absolute Gasteiger partial charge is 0.390 e. The number of aliphatic hydroxyl groups excluding tert-OH is 1. The lowest BCUT2D eigenvalue weighted by molar-refractivity contribution is 0.0949. The summed E-state index contributed by atoms with van der Waals surface area (Å²) in [6, 6.07) is 12.4. The number of nitrogens with two attached hydrogens (primary N) is 1. The normalized spacial score (nSPS) is 18.7. The van der Waals surface area contributed by atoms with Gasteiger partial charge in [-0.3, -0.25) is 14.8 Å². The lowest BCUT2D eigenvalue weighted by atomic mass is 10.0. The van der Waals surface area contributed by atoms with E-state index in [0.29, 0.717) is 29.1 Å². The molecule has 174 valence electrons. The van der Waals surface area contributed by atoms with Gasteiger partial charge in [0.2, 0.25) is 15.7 Å². The first-order valence-corrected chi connectivity index (χ1v) is 11.9. The Labute approximate surface area is 197 Å². The second kappa shape index (κ2) is 9.56. The minimum absolute atomic E-state index is 0.0613. The Hall–Kier alpha value is -3.85. The summed E-state index contributed by atoms with van der Waals surface area (Å²) in [5, 5.41) is 13.7. The predicted octanol–water partition coefficient (Wildman–Crippen LogP) is 2.03. The Bertz CT molecular complexity index is 1340. The summed E-state index contributed by atoms with van der Waals surface area (Å²) in [4.78, 5) is 22.8. The third-order valence-corrected chi connectivity index (χ3v) is 7.47. The number of benzene rings is 1. The monoisotopic (exact) mass is 478 g/mol. The highest BCUT2D eigenvalue weighted by Gasteiger charge is 2.34. The summed E-state index contributed by atoms with van der Waals surface area (Å²) in [6.45, 7) is 7.14. The third-order valence-electron chi connectivity index (χ3n) is 5.59. The number of anilines is 1. The summed E-state index contributed by atoms with van der Waals surface area (Å²) in [5.74, 6) is -0.132. The summed E-state index contributed by atoms with van der Waals surface area (Å²) in [7, 11) is -3.81. The number of primary amides is 1. The molecule has 1 fully saturated rings. The van der Waals surface area contributed by atoms with Crippen molar-refractivity contribution in [3.8, 4) is 11.1 Å². The minimum Gasteiger partial charge on any atom is -0.390 e. The van der Waals surface area contributed by atoms with Gasteiger partial charge in [0.1, 0.15) is 11.5 Å². The number of nitrogens with zero attached hydrogens (tertiary/aromatic N) is 4. The van der Waals surface area contributed by atoms with E-state index in [1.807, 2.05) is 0 Å². The van der Waals surface area contributed by atoms with Crippen molar-refractivity contribution in [2.75, 3.05) is 18.4 Å². The SMILES string of the molecule is [C-]#[N+]c1ccc(N[C@@H]2CCN(S(=O)(=O)c3ccc(-c4ccnc(C(N)=O)c4)cc3)C[C@@H]2O)nc1. The van der Waals surface area contributed by atoms with Crippen molar-refractivity contribution in [1.29, 1.82) is 0 Å². The Morgan fingerprint density at radius 1 is 1.15 bits per heavy atom. The van der Waals surface area contributed by atoms with Crippen molar-refractivity contribution in [1.82, 2.24) is 14.3 Å². The molecular weight excluding hydrogens is 456 g/mol. The molecule has 1 aromatic carbocycles. The van der Waals surface area contributed by atoms with Gasteiger partial charge >= 0.3 is 0 Å². The van der Waals surface area contributed by atoms with Crippen LogP contribution in [0.15, 0.2) is 65.8 Å². The number of piperidine rings is 1. The molecule has 0 aliphatic carbocycles. The number of β-amino-alcohol motifs (C(OH)–C–C–N with tert-alkyl or cyclic N) is 1. The average Bonchev–Trinajstić information content (AvgIpc) is 2.85. The molecule has 2 atom stereocenters. The van der Waals surface area contributed by atoms with Gasteiger partial charge in [0.25, 0.3) is 5.91 Å². The number of nitrogens with one attached hydrogen (secondary N) is 1. The maximum atomic E-state index is 13.1. The molecule has 1 saturated heterocycles. The van der Waals surface area contributed by atoms with Crippen LogP contribution in [0.5, 0.6) is 0 Å². The molecule has 0 radical (unpaired) electrons. The topological polar surface area (TPSA) is 143 Å². The Morgan fingerprint density at radius 3 is 2.53 bits per heavy atom. The fourth-order valence-electron chi connectivity index (χ4n) is 3.73. The van der Waals surface area contributed by atoms with E-state index < -0.39 is 22.0 Å². The highest BCUT2D eigenvalue weighted by atomic mass is 32.2. The van der Waals surface area contributed by atoms with E-state index in [1.54, 1.807) is 36.4 Å². The number of aliphatic hydroxyl groups is 1. The maximum absolute atomic E-state index is 13.1. The maximum Gasteiger partial charge on any atom is 0.267 e. The summed E-state index contributed by atoms with van der Waals surface area (Å²) >= 11 is 0. The van der Waals surface area contributed by atoms with Gasteiger partial charge in [-0.2, -0.15) is 4.31 Å². The highest BCUT2D eigenvalue weighted by molar-refractivity contribution is 7.89. The van der Waals surface area contributed by atoms with Crippen LogP contribution in [0.3, 0.4) is 0 Å². The molecule has 3 heterocycles. The van der Waals surface area contributed by atoms with Crippen LogP contribution < -0.4 is 11.1 Å². The average molecular weight is 479 g/mol. The zero-order valence-electron chi connectivity index (χ0n) is 18.0. The Balaban J connectivity index is 1.44. The van der Waals surface area contributed by atoms with Crippen LogP contribution in [0.25, 0.3) is 16.0 Å². The van der Waals surface area contributed by atoms with Crippen molar-refractivity contribution >= 4 is 27.4 Å². The smallest absolute Gasteiger partial charge is 0.267 e. The summed E-state index contributed by atoms with van der Waals surface area (Å²) < 4.78 is 27.5. The second-order valence-corrected chi connectivity index (χ2v) is 9.74. The Kier molecular flexibility index (Phi) is 6.56. The molecule has 4 N–H and O–H groups in total. The first-order chi connectivity index (χ1) is 16.3. The van der Waals surface area contributed by atoms with Crippen LogP contribution in [0.4, 0.5) is 11.5 Å². The fraction of sp³-hybridized carbons (Fsp3) is 0.217. The van der Waals surface area contributed by atoms with Crippen LogP contribution in [0.1, 0.15) is 16.9 Å². The molecule has 0 bridgehead atoms. The molecule has 1 amide bonds. The first-order valence-electron chi connectivity index (χ1n) is 10.4. The van der Waals surface area contributed by atoms with E-state index in [1.165, 1.54) is 28.8 Å². The minimum atomic E-state index is -3.81. The van der Waals surface area contributed by atoms with E-state index >= 15 is 0 Å². The number of rotatable bonds is 6.